The van der Waals surface area contributed by atoms with E-state index in [0.717, 1.165) is 64.2 Å². The maximum atomic E-state index is 13.3. The van der Waals surface area contributed by atoms with E-state index in [1.165, 1.54) is 148 Å². The number of rotatable bonds is 50. The predicted octanol–water partition coefficient (Wildman–Crippen LogP) is 17.7. The van der Waals surface area contributed by atoms with E-state index in [2.05, 4.69) is 62.5 Å². The second-order valence-electron chi connectivity index (χ2n) is 19.1. The molecule has 0 aromatic heterocycles. The first kappa shape index (κ1) is 64.8. The number of unbranched alkanes of at least 4 members (excludes halogenated alkanes) is 27. The molecule has 0 rings (SSSR count). The van der Waals surface area contributed by atoms with E-state index in [9.17, 15) is 19.8 Å². The van der Waals surface area contributed by atoms with Crippen LogP contribution in [-0.2, 0) is 14.3 Å². The summed E-state index contributed by atoms with van der Waals surface area (Å²) in [5, 5.41) is 23.8. The Kier molecular flexibility index (Phi) is 52.1. The van der Waals surface area contributed by atoms with Crippen LogP contribution in [0, 0.1) is 0 Å². The van der Waals surface area contributed by atoms with E-state index >= 15 is 0 Å². The maximum absolute atomic E-state index is 13.3. The fraction of sp³-hybridized carbons (Fsp3) is 0.710. The van der Waals surface area contributed by atoms with Crippen molar-refractivity contribution in [2.24, 2.45) is 0 Å². The minimum atomic E-state index is -0.814. The molecule has 3 unspecified atom stereocenters. The molecule has 0 aliphatic rings. The zero-order valence-corrected chi connectivity index (χ0v) is 44.5. The molecule has 0 radical (unpaired) electrons. The molecule has 6 heteroatoms. The van der Waals surface area contributed by atoms with Crippen molar-refractivity contribution < 1.29 is 24.5 Å². The summed E-state index contributed by atoms with van der Waals surface area (Å²) in [5.41, 5.74) is 0. The monoisotopic (exact) mass is 946 g/mol. The summed E-state index contributed by atoms with van der Waals surface area (Å²) >= 11 is 0. The summed E-state index contributed by atoms with van der Waals surface area (Å²) in [4.78, 5) is 26.3. The molecule has 3 atom stereocenters. The number of nitrogens with one attached hydrogen (secondary N) is 1. The van der Waals surface area contributed by atoms with Crippen LogP contribution in [0.5, 0.6) is 0 Å². The smallest absolute Gasteiger partial charge is 0.306 e. The van der Waals surface area contributed by atoms with Crippen LogP contribution in [-0.4, -0.2) is 46.9 Å². The number of amides is 1. The van der Waals surface area contributed by atoms with Gasteiger partial charge < -0.3 is 20.3 Å². The molecule has 0 aliphatic heterocycles. The largest absolute Gasteiger partial charge is 0.462 e. The molecule has 0 saturated heterocycles. The van der Waals surface area contributed by atoms with E-state index in [1.807, 2.05) is 60.8 Å². The lowest BCUT2D eigenvalue weighted by atomic mass is 10.0. The van der Waals surface area contributed by atoms with Gasteiger partial charge in [-0.1, -0.05) is 272 Å². The molecule has 0 heterocycles. The highest BCUT2D eigenvalue weighted by Crippen LogP contribution is 2.17. The van der Waals surface area contributed by atoms with Crippen LogP contribution in [0.4, 0.5) is 0 Å². The SMILES string of the molecule is CC\C=C/C=C/C=C/C=C\C=C\C=C\CCCC(CC(=O)NC(CO)C(O)CCCCCCCCCCCCCCCCC)OC(=O)CCCCCCCCCCC/C=C\C/C=C\CCCCC. The number of aliphatic hydroxyl groups excluding tert-OH is 2. The first-order valence-electron chi connectivity index (χ1n) is 28.5. The van der Waals surface area contributed by atoms with Gasteiger partial charge >= 0.3 is 5.97 Å². The van der Waals surface area contributed by atoms with Gasteiger partial charge in [-0.25, -0.2) is 0 Å². The first-order valence-corrected chi connectivity index (χ1v) is 28.5. The third-order valence-electron chi connectivity index (χ3n) is 12.6. The summed E-state index contributed by atoms with van der Waals surface area (Å²) in [6.45, 7) is 6.31. The van der Waals surface area contributed by atoms with Crippen molar-refractivity contribution in [2.75, 3.05) is 6.61 Å². The van der Waals surface area contributed by atoms with Crippen molar-refractivity contribution in [3.63, 3.8) is 0 Å². The number of aliphatic hydroxyl groups is 2. The summed E-state index contributed by atoms with van der Waals surface area (Å²) in [7, 11) is 0. The number of hydrogen-bond acceptors (Lipinski definition) is 5. The van der Waals surface area contributed by atoms with Gasteiger partial charge in [0.2, 0.25) is 5.91 Å². The van der Waals surface area contributed by atoms with Crippen LogP contribution in [0.1, 0.15) is 258 Å². The van der Waals surface area contributed by atoms with Crippen molar-refractivity contribution in [3.05, 3.63) is 97.2 Å². The lowest BCUT2D eigenvalue weighted by Crippen LogP contribution is -2.46. The van der Waals surface area contributed by atoms with Gasteiger partial charge in [0.15, 0.2) is 0 Å². The van der Waals surface area contributed by atoms with Crippen molar-refractivity contribution in [1.29, 1.82) is 0 Å². The molecule has 0 saturated carbocycles. The van der Waals surface area contributed by atoms with E-state index in [-0.39, 0.29) is 24.9 Å². The molecule has 0 aromatic rings. The third kappa shape index (κ3) is 49.2. The molecule has 0 aromatic carbocycles. The fourth-order valence-electron chi connectivity index (χ4n) is 8.26. The average molecular weight is 947 g/mol. The lowest BCUT2D eigenvalue weighted by molar-refractivity contribution is -0.151. The molecule has 0 fully saturated rings. The Hall–Kier alpha value is -3.22. The van der Waals surface area contributed by atoms with Crippen LogP contribution in [0.3, 0.4) is 0 Å². The Balaban J connectivity index is 4.66. The Morgan fingerprint density at radius 2 is 0.868 bits per heavy atom. The second kappa shape index (κ2) is 54.7. The van der Waals surface area contributed by atoms with Gasteiger partial charge in [-0.15, -0.1) is 0 Å². The Morgan fingerprint density at radius 1 is 0.456 bits per heavy atom. The molecule has 3 N–H and O–H groups in total. The molecule has 390 valence electrons. The van der Waals surface area contributed by atoms with Crippen molar-refractivity contribution in [3.8, 4) is 0 Å². The van der Waals surface area contributed by atoms with Gasteiger partial charge in [-0.3, -0.25) is 9.59 Å². The Labute approximate surface area is 420 Å². The van der Waals surface area contributed by atoms with Crippen LogP contribution in [0.2, 0.25) is 0 Å². The van der Waals surface area contributed by atoms with Crippen LogP contribution in [0.15, 0.2) is 97.2 Å². The van der Waals surface area contributed by atoms with Gasteiger partial charge in [0.05, 0.1) is 25.2 Å². The summed E-state index contributed by atoms with van der Waals surface area (Å²) in [5.74, 6) is -0.555. The van der Waals surface area contributed by atoms with Crippen LogP contribution >= 0.6 is 0 Å². The van der Waals surface area contributed by atoms with Crippen molar-refractivity contribution in [2.45, 2.75) is 277 Å². The second-order valence-corrected chi connectivity index (χ2v) is 19.1. The summed E-state index contributed by atoms with van der Waals surface area (Å²) in [6, 6.07) is -0.733. The quantitative estimate of drug-likeness (QED) is 0.0244. The molecule has 0 aliphatic carbocycles. The number of esters is 1. The maximum Gasteiger partial charge on any atom is 0.306 e. The van der Waals surface area contributed by atoms with E-state index in [4.69, 9.17) is 4.74 Å². The standard InChI is InChI=1S/C62H107NO5/c1-4-7-10-13-16-19-22-25-28-29-30-31-34-37-40-43-46-49-52-55-62(67)68-58(53-50-47-44-41-38-35-32-26-23-20-17-14-11-8-5-2)56-61(66)63-59(57-64)60(65)54-51-48-45-42-39-36-33-27-24-21-18-15-12-9-6-3/h8,11,14,16-17,19-20,23,25-26,28,32,35,38,41,44,58-60,64-65H,4-7,9-10,12-13,15,18,21-22,24,27,29-31,33-34,36-37,39-40,42-43,45-57H2,1-3H3,(H,63,66)/b11-8-,17-14+,19-16-,23-20+,28-25-,32-26-,38-35+,44-41+. The topological polar surface area (TPSA) is 95.9 Å². The normalized spacial score (nSPS) is 13.9. The first-order chi connectivity index (χ1) is 33.5. The molecule has 68 heavy (non-hydrogen) atoms. The van der Waals surface area contributed by atoms with Crippen LogP contribution in [0.25, 0.3) is 0 Å². The highest BCUT2D eigenvalue weighted by atomic mass is 16.5. The fourth-order valence-corrected chi connectivity index (χ4v) is 8.26. The molecule has 6 nitrogen and oxygen atoms in total. The molecular weight excluding hydrogens is 839 g/mol. The number of allylic oxidation sites excluding steroid dienone is 16. The van der Waals surface area contributed by atoms with E-state index in [1.54, 1.807) is 0 Å². The van der Waals surface area contributed by atoms with Crippen molar-refractivity contribution >= 4 is 11.9 Å². The third-order valence-corrected chi connectivity index (χ3v) is 12.6. The molecule has 1 amide bonds. The predicted molar refractivity (Wildman–Crippen MR) is 296 cm³/mol. The Morgan fingerprint density at radius 3 is 1.37 bits per heavy atom. The Bertz CT molecular complexity index is 1340. The van der Waals surface area contributed by atoms with Crippen molar-refractivity contribution in [1.82, 2.24) is 5.32 Å². The lowest BCUT2D eigenvalue weighted by Gasteiger charge is -2.24. The summed E-state index contributed by atoms with van der Waals surface area (Å²) in [6.07, 6.45) is 73.3. The molecule has 0 bridgehead atoms. The minimum absolute atomic E-state index is 0.0206. The van der Waals surface area contributed by atoms with Gasteiger partial charge in [0.1, 0.15) is 6.10 Å². The highest BCUT2D eigenvalue weighted by Gasteiger charge is 2.24. The summed E-state index contributed by atoms with van der Waals surface area (Å²) < 4.78 is 5.92. The van der Waals surface area contributed by atoms with Gasteiger partial charge in [0, 0.05) is 6.42 Å². The molecule has 0 spiro atoms. The number of hydrogen-bond donors (Lipinski definition) is 3. The zero-order valence-electron chi connectivity index (χ0n) is 44.5. The van der Waals surface area contributed by atoms with Gasteiger partial charge in [0.25, 0.3) is 0 Å². The van der Waals surface area contributed by atoms with Crippen LogP contribution < -0.4 is 5.32 Å². The highest BCUT2D eigenvalue weighted by molar-refractivity contribution is 5.77. The molecular formula is C62H107NO5. The average Bonchev–Trinajstić information content (AvgIpc) is 3.33. The van der Waals surface area contributed by atoms with E-state index in [0.29, 0.717) is 19.3 Å². The number of carbonyl (C=O) groups excluding carboxylic acids is 2. The van der Waals surface area contributed by atoms with Gasteiger partial charge in [-0.05, 0) is 70.6 Å². The minimum Gasteiger partial charge on any atom is -0.462 e. The van der Waals surface area contributed by atoms with Gasteiger partial charge in [-0.2, -0.15) is 0 Å². The number of carbonyl (C=O) groups is 2. The van der Waals surface area contributed by atoms with E-state index < -0.39 is 18.2 Å². The zero-order chi connectivity index (χ0) is 49.5. The number of ether oxygens (including phenoxy) is 1.